The Balaban J connectivity index is 2.69. The summed E-state index contributed by atoms with van der Waals surface area (Å²) in [7, 11) is 0. The van der Waals surface area contributed by atoms with E-state index in [4.69, 9.17) is 0 Å². The van der Waals surface area contributed by atoms with E-state index >= 15 is 0 Å². The molecule has 2 unspecified atom stereocenters. The van der Waals surface area contributed by atoms with Crippen LogP contribution in [-0.2, 0) is 0 Å². The monoisotopic (exact) mass is 108 g/mol. The molecule has 0 saturated heterocycles. The second-order valence-electron chi connectivity index (χ2n) is 2.58. The predicted molar refractivity (Wildman–Crippen MR) is 36.6 cm³/mol. The van der Waals surface area contributed by atoms with Gasteiger partial charge in [0.15, 0.2) is 0 Å². The average molecular weight is 108 g/mol. The summed E-state index contributed by atoms with van der Waals surface area (Å²) in [5, 5.41) is 0. The first-order valence-corrected chi connectivity index (χ1v) is 3.09. The molecule has 0 aromatic carbocycles. The van der Waals surface area contributed by atoms with Gasteiger partial charge in [0.25, 0.3) is 0 Å². The maximum atomic E-state index is 3.90. The fourth-order valence-electron chi connectivity index (χ4n) is 0.931. The molecule has 0 heterocycles. The predicted octanol–water partition coefficient (Wildman–Crippen LogP) is 2.38. The van der Waals surface area contributed by atoms with Crippen molar-refractivity contribution < 1.29 is 0 Å². The van der Waals surface area contributed by atoms with Gasteiger partial charge in [0.2, 0.25) is 0 Å². The summed E-state index contributed by atoms with van der Waals surface area (Å²) in [6.45, 7) is 8.34. The van der Waals surface area contributed by atoms with Crippen molar-refractivity contribution in [2.24, 2.45) is 11.8 Å². The van der Waals surface area contributed by atoms with Crippen molar-refractivity contribution in [3.8, 4) is 0 Å². The summed E-state index contributed by atoms with van der Waals surface area (Å²) in [4.78, 5) is 0. The fraction of sp³-hybridized carbons (Fsp3) is 0.500. The van der Waals surface area contributed by atoms with Crippen molar-refractivity contribution in [2.75, 3.05) is 0 Å². The van der Waals surface area contributed by atoms with Crippen LogP contribution in [-0.4, -0.2) is 0 Å². The van der Waals surface area contributed by atoms with Gasteiger partial charge in [0.1, 0.15) is 0 Å². The number of hydrogen-bond donors (Lipinski definition) is 0. The molecule has 0 amide bonds. The molecule has 0 bridgehead atoms. The lowest BCUT2D eigenvalue weighted by Gasteiger charge is -2.07. The van der Waals surface area contributed by atoms with E-state index in [1.165, 1.54) is 5.57 Å². The van der Waals surface area contributed by atoms with E-state index < -0.39 is 0 Å². The highest BCUT2D eigenvalue weighted by atomic mass is 14.2. The largest absolute Gasteiger partial charge is 0.0955 e. The molecule has 0 saturated carbocycles. The van der Waals surface area contributed by atoms with Crippen molar-refractivity contribution >= 4 is 0 Å². The summed E-state index contributed by atoms with van der Waals surface area (Å²) >= 11 is 0. The molecule has 0 N–H and O–H groups in total. The molecule has 1 aliphatic rings. The normalized spacial score (nSPS) is 36.5. The molecule has 0 spiro atoms. The molecular weight excluding hydrogens is 96.1 g/mol. The van der Waals surface area contributed by atoms with Crippen LogP contribution in [0.3, 0.4) is 0 Å². The van der Waals surface area contributed by atoms with E-state index in [0.29, 0.717) is 11.8 Å². The Labute approximate surface area is 50.9 Å². The molecule has 8 heavy (non-hydrogen) atoms. The van der Waals surface area contributed by atoms with Gasteiger partial charge >= 0.3 is 0 Å². The second-order valence-corrected chi connectivity index (χ2v) is 2.58. The topological polar surface area (TPSA) is 0 Å². The van der Waals surface area contributed by atoms with Crippen molar-refractivity contribution in [2.45, 2.75) is 13.8 Å². The van der Waals surface area contributed by atoms with Gasteiger partial charge in [-0.3, -0.25) is 0 Å². The minimum Gasteiger partial charge on any atom is -0.0955 e. The Morgan fingerprint density at radius 2 is 2.12 bits per heavy atom. The second kappa shape index (κ2) is 1.77. The number of allylic oxidation sites excluding steroid dienone is 3. The van der Waals surface area contributed by atoms with Gasteiger partial charge in [0.05, 0.1) is 0 Å². The van der Waals surface area contributed by atoms with Gasteiger partial charge in [0, 0.05) is 0 Å². The van der Waals surface area contributed by atoms with E-state index in [1.54, 1.807) is 0 Å². The van der Waals surface area contributed by atoms with E-state index in [9.17, 15) is 0 Å². The average Bonchev–Trinajstić information content (AvgIpc) is 1.98. The molecule has 0 aromatic rings. The van der Waals surface area contributed by atoms with Crippen molar-refractivity contribution in [1.82, 2.24) is 0 Å². The maximum Gasteiger partial charge on any atom is -0.0136 e. The van der Waals surface area contributed by atoms with Crippen LogP contribution in [0.1, 0.15) is 13.8 Å². The lowest BCUT2D eigenvalue weighted by molar-refractivity contribution is 0.565. The lowest BCUT2D eigenvalue weighted by atomic mass is 9.97. The molecule has 0 heteroatoms. The highest BCUT2D eigenvalue weighted by Crippen LogP contribution is 2.27. The molecule has 1 rings (SSSR count). The summed E-state index contributed by atoms with van der Waals surface area (Å²) < 4.78 is 0. The zero-order chi connectivity index (χ0) is 6.15. The molecule has 0 radical (unpaired) electrons. The maximum absolute atomic E-state index is 3.90. The zero-order valence-corrected chi connectivity index (χ0v) is 5.52. The van der Waals surface area contributed by atoms with Gasteiger partial charge in [-0.05, 0) is 11.8 Å². The Morgan fingerprint density at radius 1 is 1.50 bits per heavy atom. The molecule has 0 fully saturated rings. The van der Waals surface area contributed by atoms with Crippen molar-refractivity contribution in [3.63, 3.8) is 0 Å². The Hall–Kier alpha value is -0.520. The minimum atomic E-state index is 0.676. The van der Waals surface area contributed by atoms with Crippen molar-refractivity contribution in [3.05, 3.63) is 24.3 Å². The smallest absolute Gasteiger partial charge is 0.0136 e. The summed E-state index contributed by atoms with van der Waals surface area (Å²) in [5.41, 5.74) is 1.28. The van der Waals surface area contributed by atoms with E-state index in [1.807, 2.05) is 0 Å². The van der Waals surface area contributed by atoms with Crippen LogP contribution in [0.5, 0.6) is 0 Å². The van der Waals surface area contributed by atoms with Gasteiger partial charge in [-0.1, -0.05) is 38.2 Å². The Bertz CT molecular complexity index is 131. The van der Waals surface area contributed by atoms with Gasteiger partial charge < -0.3 is 0 Å². The van der Waals surface area contributed by atoms with Crippen LogP contribution in [0.4, 0.5) is 0 Å². The van der Waals surface area contributed by atoms with Gasteiger partial charge in [-0.15, -0.1) is 0 Å². The lowest BCUT2D eigenvalue weighted by Crippen LogP contribution is -1.98. The molecule has 0 aliphatic heterocycles. The molecule has 44 valence electrons. The molecular formula is C8H12. The highest BCUT2D eigenvalue weighted by molar-refractivity contribution is 5.25. The quantitative estimate of drug-likeness (QED) is 0.447. The molecule has 2 atom stereocenters. The zero-order valence-electron chi connectivity index (χ0n) is 5.52. The van der Waals surface area contributed by atoms with Crippen LogP contribution >= 0.6 is 0 Å². The third-order valence-electron chi connectivity index (χ3n) is 1.99. The third kappa shape index (κ3) is 0.706. The van der Waals surface area contributed by atoms with Crippen LogP contribution in [0.25, 0.3) is 0 Å². The van der Waals surface area contributed by atoms with Crippen molar-refractivity contribution in [1.29, 1.82) is 0 Å². The third-order valence-corrected chi connectivity index (χ3v) is 1.99. The first-order valence-electron chi connectivity index (χ1n) is 3.09. The number of rotatable bonds is 0. The van der Waals surface area contributed by atoms with E-state index in [2.05, 4.69) is 32.6 Å². The highest BCUT2D eigenvalue weighted by Gasteiger charge is 2.15. The molecule has 0 aromatic heterocycles. The van der Waals surface area contributed by atoms with Crippen LogP contribution in [0.15, 0.2) is 24.3 Å². The first-order chi connectivity index (χ1) is 3.72. The Morgan fingerprint density at radius 3 is 2.25 bits per heavy atom. The van der Waals surface area contributed by atoms with Gasteiger partial charge in [-0.25, -0.2) is 0 Å². The van der Waals surface area contributed by atoms with Gasteiger partial charge in [-0.2, -0.15) is 0 Å². The van der Waals surface area contributed by atoms with E-state index in [0.717, 1.165) is 0 Å². The van der Waals surface area contributed by atoms with E-state index in [-0.39, 0.29) is 0 Å². The van der Waals surface area contributed by atoms with Crippen LogP contribution in [0.2, 0.25) is 0 Å². The standard InChI is InChI=1S/C8H12/c1-6-4-5-7(2)8(6)3/h4-5,7-8H,1H2,2-3H3. The first kappa shape index (κ1) is 5.61. The number of hydrogen-bond acceptors (Lipinski definition) is 0. The Kier molecular flexibility index (Phi) is 1.24. The summed E-state index contributed by atoms with van der Waals surface area (Å²) in [5.74, 6) is 1.39. The van der Waals surface area contributed by atoms with Crippen LogP contribution in [0, 0.1) is 11.8 Å². The molecule has 0 nitrogen and oxygen atoms in total. The SMILES string of the molecule is C=C1C=CC(C)C1C. The van der Waals surface area contributed by atoms with Crippen LogP contribution < -0.4 is 0 Å². The molecule has 1 aliphatic carbocycles. The summed E-state index contributed by atoms with van der Waals surface area (Å²) in [6.07, 6.45) is 4.34. The fourth-order valence-corrected chi connectivity index (χ4v) is 0.931. The summed E-state index contributed by atoms with van der Waals surface area (Å²) in [6, 6.07) is 0. The minimum absolute atomic E-state index is 0.676.